The molecule has 1 aromatic carbocycles. The lowest BCUT2D eigenvalue weighted by atomic mass is 9.76. The Bertz CT molecular complexity index is 1300. The van der Waals surface area contributed by atoms with Gasteiger partial charge in [-0.25, -0.2) is 4.79 Å². The van der Waals surface area contributed by atoms with Crippen molar-refractivity contribution in [3.63, 3.8) is 0 Å². The van der Waals surface area contributed by atoms with Crippen LogP contribution in [0.15, 0.2) is 21.3 Å². The Morgan fingerprint density at radius 2 is 2.00 bits per heavy atom. The van der Waals surface area contributed by atoms with Gasteiger partial charge in [0.05, 0.1) is 5.39 Å². The van der Waals surface area contributed by atoms with E-state index < -0.39 is 5.63 Å². The summed E-state index contributed by atoms with van der Waals surface area (Å²) < 4.78 is 18.0. The van der Waals surface area contributed by atoms with E-state index in [0.717, 1.165) is 55.2 Å². The normalized spacial score (nSPS) is 26.8. The van der Waals surface area contributed by atoms with Crippen molar-refractivity contribution in [1.82, 2.24) is 9.80 Å². The van der Waals surface area contributed by atoms with Crippen LogP contribution in [0.25, 0.3) is 11.0 Å². The van der Waals surface area contributed by atoms with Crippen molar-refractivity contribution < 1.29 is 23.5 Å². The first-order valence-electron chi connectivity index (χ1n) is 13.2. The molecule has 6 rings (SSSR count). The van der Waals surface area contributed by atoms with Gasteiger partial charge in [-0.3, -0.25) is 9.59 Å². The third-order valence-corrected chi connectivity index (χ3v) is 8.49. The molecule has 4 aliphatic rings. The van der Waals surface area contributed by atoms with Crippen LogP contribution < -0.4 is 15.1 Å². The highest BCUT2D eigenvalue weighted by Gasteiger charge is 2.44. The van der Waals surface area contributed by atoms with Crippen molar-refractivity contribution in [2.75, 3.05) is 26.2 Å². The van der Waals surface area contributed by atoms with Crippen molar-refractivity contribution in [1.29, 1.82) is 0 Å². The van der Waals surface area contributed by atoms with Crippen molar-refractivity contribution >= 4 is 22.8 Å². The van der Waals surface area contributed by atoms with E-state index in [1.54, 1.807) is 0 Å². The number of piperidine rings is 3. The highest BCUT2D eigenvalue weighted by atomic mass is 16.5. The van der Waals surface area contributed by atoms with Crippen LogP contribution >= 0.6 is 0 Å². The number of amides is 2. The molecule has 8 heteroatoms. The number of carbonyl (C=O) groups excluding carboxylic acids is 2. The summed E-state index contributed by atoms with van der Waals surface area (Å²) in [6.45, 7) is 7.91. The standard InChI is InChI=1S/C28H34N2O6/c1-16-9-25(33)35-27-19-7-8-28(2,3)36-21(19)11-22(26(16)27)34-15-24(32)29-12-17-10-18(14-29)20-5-4-6-23(31)30(20)13-17/h9,11,17-18,20H,4-8,10,12-15H2,1-3H3. The van der Waals surface area contributed by atoms with Gasteiger partial charge in [0.2, 0.25) is 5.91 Å². The Hall–Kier alpha value is -3.03. The number of rotatable bonds is 3. The van der Waals surface area contributed by atoms with Crippen LogP contribution in [0.2, 0.25) is 0 Å². The van der Waals surface area contributed by atoms with Crippen molar-refractivity contribution in [3.05, 3.63) is 33.7 Å². The number of hydrogen-bond acceptors (Lipinski definition) is 6. The smallest absolute Gasteiger partial charge is 0.336 e. The highest BCUT2D eigenvalue weighted by Crippen LogP contribution is 2.43. The summed E-state index contributed by atoms with van der Waals surface area (Å²) in [5, 5.41) is 0.719. The number of nitrogens with zero attached hydrogens (tertiary/aromatic N) is 2. The largest absolute Gasteiger partial charge is 0.487 e. The first-order valence-corrected chi connectivity index (χ1v) is 13.2. The zero-order chi connectivity index (χ0) is 25.2. The average Bonchev–Trinajstić information content (AvgIpc) is 2.81. The maximum Gasteiger partial charge on any atom is 0.336 e. The van der Waals surface area contributed by atoms with Crippen molar-refractivity contribution in [2.45, 2.75) is 70.9 Å². The van der Waals surface area contributed by atoms with Gasteiger partial charge in [0.15, 0.2) is 6.61 Å². The molecule has 5 heterocycles. The van der Waals surface area contributed by atoms with Crippen molar-refractivity contribution in [2.24, 2.45) is 11.8 Å². The molecule has 0 radical (unpaired) electrons. The zero-order valence-electron chi connectivity index (χ0n) is 21.3. The Kier molecular flexibility index (Phi) is 5.54. The third kappa shape index (κ3) is 4.04. The number of aryl methyl sites for hydroxylation is 2. The molecule has 4 aliphatic heterocycles. The fraction of sp³-hybridized carbons (Fsp3) is 0.607. The number of hydrogen-bond donors (Lipinski definition) is 0. The first-order chi connectivity index (χ1) is 17.2. The fourth-order valence-corrected chi connectivity index (χ4v) is 6.78. The first kappa shape index (κ1) is 23.4. The Morgan fingerprint density at radius 1 is 1.17 bits per heavy atom. The molecule has 2 aromatic rings. The van der Waals surface area contributed by atoms with Crippen molar-refractivity contribution in [3.8, 4) is 11.5 Å². The van der Waals surface area contributed by atoms with Crippen LogP contribution in [-0.4, -0.2) is 59.5 Å². The van der Waals surface area contributed by atoms with E-state index in [2.05, 4.69) is 4.90 Å². The minimum absolute atomic E-state index is 0.0533. The maximum atomic E-state index is 13.3. The number of benzene rings is 1. The Morgan fingerprint density at radius 3 is 2.83 bits per heavy atom. The SMILES string of the molecule is Cc1cc(=O)oc2c3c(cc(OCC(=O)N4CC5CC(C4)C4CCCC(=O)N4C5)c12)OC(C)(C)CC3. The van der Waals surface area contributed by atoms with E-state index in [9.17, 15) is 14.4 Å². The molecule has 2 amide bonds. The van der Waals surface area contributed by atoms with Gasteiger partial charge in [0.1, 0.15) is 22.7 Å². The molecule has 3 saturated heterocycles. The molecule has 0 aliphatic carbocycles. The molecule has 8 nitrogen and oxygen atoms in total. The molecular weight excluding hydrogens is 460 g/mol. The summed E-state index contributed by atoms with van der Waals surface area (Å²) in [5.41, 5.74) is 1.38. The van der Waals surface area contributed by atoms with Gasteiger partial charge < -0.3 is 23.7 Å². The lowest BCUT2D eigenvalue weighted by molar-refractivity contribution is -0.149. The summed E-state index contributed by atoms with van der Waals surface area (Å²) in [6, 6.07) is 3.56. The minimum Gasteiger partial charge on any atom is -0.487 e. The highest BCUT2D eigenvalue weighted by molar-refractivity contribution is 5.91. The maximum absolute atomic E-state index is 13.3. The minimum atomic E-state index is -0.407. The summed E-state index contributed by atoms with van der Waals surface area (Å²) >= 11 is 0. The lowest BCUT2D eigenvalue weighted by Gasteiger charge is -2.52. The molecule has 0 N–H and O–H groups in total. The van der Waals surface area contributed by atoms with E-state index in [4.69, 9.17) is 13.9 Å². The van der Waals surface area contributed by atoms with Crippen LogP contribution in [0.3, 0.4) is 0 Å². The van der Waals surface area contributed by atoms with Gasteiger partial charge in [0.25, 0.3) is 5.91 Å². The summed E-state index contributed by atoms with van der Waals surface area (Å²) in [7, 11) is 0. The van der Waals surface area contributed by atoms with Gasteiger partial charge in [-0.05, 0) is 70.3 Å². The van der Waals surface area contributed by atoms with Gasteiger partial charge >= 0.3 is 5.63 Å². The molecule has 36 heavy (non-hydrogen) atoms. The Labute approximate surface area is 210 Å². The number of carbonyl (C=O) groups is 2. The van der Waals surface area contributed by atoms with E-state index in [0.29, 0.717) is 48.4 Å². The predicted molar refractivity (Wildman–Crippen MR) is 133 cm³/mol. The molecule has 0 spiro atoms. The molecule has 192 valence electrons. The predicted octanol–water partition coefficient (Wildman–Crippen LogP) is 3.44. The second-order valence-corrected chi connectivity index (χ2v) is 11.6. The quantitative estimate of drug-likeness (QED) is 0.608. The molecule has 3 unspecified atom stereocenters. The number of fused-ring (bicyclic) bond motifs is 7. The molecule has 2 bridgehead atoms. The summed E-state index contributed by atoms with van der Waals surface area (Å²) in [4.78, 5) is 41.9. The third-order valence-electron chi connectivity index (χ3n) is 8.49. The van der Waals surface area contributed by atoms with Crippen LogP contribution in [0.1, 0.15) is 57.1 Å². The second-order valence-electron chi connectivity index (χ2n) is 11.6. The monoisotopic (exact) mass is 494 g/mol. The zero-order valence-corrected chi connectivity index (χ0v) is 21.3. The topological polar surface area (TPSA) is 89.3 Å². The molecule has 1 aromatic heterocycles. The lowest BCUT2D eigenvalue weighted by Crippen LogP contribution is -2.61. The molecular formula is C28H34N2O6. The average molecular weight is 495 g/mol. The van der Waals surface area contributed by atoms with Gasteiger partial charge in [-0.1, -0.05) is 0 Å². The number of ether oxygens (including phenoxy) is 2. The summed E-state index contributed by atoms with van der Waals surface area (Å²) in [6.07, 6.45) is 5.26. The Balaban J connectivity index is 1.24. The van der Waals surface area contributed by atoms with E-state index in [1.807, 2.05) is 31.7 Å². The van der Waals surface area contributed by atoms with Crippen LogP contribution in [-0.2, 0) is 16.0 Å². The van der Waals surface area contributed by atoms with Gasteiger partial charge in [-0.15, -0.1) is 0 Å². The van der Waals surface area contributed by atoms with Crippen LogP contribution in [0.5, 0.6) is 11.5 Å². The van der Waals surface area contributed by atoms with Gasteiger partial charge in [-0.2, -0.15) is 0 Å². The van der Waals surface area contributed by atoms with Crippen LogP contribution in [0.4, 0.5) is 0 Å². The van der Waals surface area contributed by atoms with Gasteiger partial charge in [0, 0.05) is 49.8 Å². The second kappa shape index (κ2) is 8.53. The molecule has 3 fully saturated rings. The van der Waals surface area contributed by atoms with Crippen LogP contribution in [0, 0.1) is 18.8 Å². The van der Waals surface area contributed by atoms with E-state index >= 15 is 0 Å². The fourth-order valence-electron chi connectivity index (χ4n) is 6.78. The number of likely N-dealkylation sites (tertiary alicyclic amines) is 1. The molecule has 0 saturated carbocycles. The molecule has 3 atom stereocenters. The van der Waals surface area contributed by atoms with E-state index in [1.165, 1.54) is 6.07 Å². The summed E-state index contributed by atoms with van der Waals surface area (Å²) in [5.74, 6) is 2.02. The van der Waals surface area contributed by atoms with E-state index in [-0.39, 0.29) is 30.1 Å².